The van der Waals surface area contributed by atoms with Gasteiger partial charge in [-0.15, -0.1) is 11.8 Å². The van der Waals surface area contributed by atoms with Crippen LogP contribution in [0, 0.1) is 11.8 Å². The number of aliphatic hydroxyl groups excluding tert-OH is 1. The van der Waals surface area contributed by atoms with E-state index in [9.17, 15) is 0 Å². The number of thioether (sulfide) groups is 1. The van der Waals surface area contributed by atoms with E-state index in [1.807, 2.05) is 24.3 Å². The molecule has 0 radical (unpaired) electrons. The van der Waals surface area contributed by atoms with E-state index in [0.29, 0.717) is 16.5 Å². The lowest BCUT2D eigenvalue weighted by Crippen LogP contribution is -1.88. The minimum Gasteiger partial charge on any atom is -0.395 e. The molecule has 0 aliphatic carbocycles. The van der Waals surface area contributed by atoms with Crippen LogP contribution in [-0.4, -0.2) is 11.7 Å². The van der Waals surface area contributed by atoms with Gasteiger partial charge in [0.15, 0.2) is 0 Å². The van der Waals surface area contributed by atoms with Gasteiger partial charge in [-0.05, 0) is 29.8 Å². The molecule has 0 spiro atoms. The van der Waals surface area contributed by atoms with Crippen molar-refractivity contribution in [2.24, 2.45) is 0 Å². The van der Waals surface area contributed by atoms with Gasteiger partial charge in [-0.1, -0.05) is 53.2 Å². The van der Waals surface area contributed by atoms with Crippen molar-refractivity contribution in [3.8, 4) is 11.8 Å². The number of benzene rings is 2. The molecule has 2 aromatic rings. The summed E-state index contributed by atoms with van der Waals surface area (Å²) < 4.78 is 0. The molecule has 0 unspecified atom stereocenters. The summed E-state index contributed by atoms with van der Waals surface area (Å²) in [4.78, 5) is 0.960. The second kappa shape index (κ2) is 8.36. The molecule has 0 heterocycles. The van der Waals surface area contributed by atoms with Crippen LogP contribution in [0.2, 0.25) is 10.0 Å². The van der Waals surface area contributed by atoms with Gasteiger partial charge in [0.1, 0.15) is 0 Å². The second-order valence-electron chi connectivity index (χ2n) is 4.30. The lowest BCUT2D eigenvalue weighted by atomic mass is 10.1. The van der Waals surface area contributed by atoms with Crippen LogP contribution in [-0.2, 0) is 5.75 Å². The van der Waals surface area contributed by atoms with Gasteiger partial charge in [-0.25, -0.2) is 0 Å². The van der Waals surface area contributed by atoms with Gasteiger partial charge in [0, 0.05) is 27.7 Å². The normalized spacial score (nSPS) is 10.0. The molecule has 108 valence electrons. The lowest BCUT2D eigenvalue weighted by Gasteiger charge is -2.07. The van der Waals surface area contributed by atoms with Crippen LogP contribution in [0.5, 0.6) is 0 Å². The zero-order valence-corrected chi connectivity index (χ0v) is 13.6. The number of hydrogen-bond donors (Lipinski definition) is 1. The number of rotatable bonds is 4. The first-order valence-electron chi connectivity index (χ1n) is 6.46. The van der Waals surface area contributed by atoms with Gasteiger partial charge in [0.05, 0.1) is 11.6 Å². The van der Waals surface area contributed by atoms with Gasteiger partial charge in [0.2, 0.25) is 0 Å². The molecule has 2 aromatic carbocycles. The maximum Gasteiger partial charge on any atom is 0.0543 e. The Balaban J connectivity index is 2.13. The van der Waals surface area contributed by atoms with Gasteiger partial charge in [-0.3, -0.25) is 0 Å². The molecule has 0 atom stereocenters. The van der Waals surface area contributed by atoms with Crippen LogP contribution < -0.4 is 0 Å². The van der Waals surface area contributed by atoms with Gasteiger partial charge in [0.25, 0.3) is 0 Å². The third kappa shape index (κ3) is 4.98. The van der Waals surface area contributed by atoms with E-state index in [0.717, 1.165) is 21.8 Å². The Labute approximate surface area is 139 Å². The zero-order chi connectivity index (χ0) is 15.1. The highest BCUT2D eigenvalue weighted by atomic mass is 35.5. The highest BCUT2D eigenvalue weighted by Crippen LogP contribution is 2.32. The number of halogens is 2. The first-order chi connectivity index (χ1) is 10.2. The summed E-state index contributed by atoms with van der Waals surface area (Å²) in [5.41, 5.74) is 2.13. The molecule has 0 fully saturated rings. The Kier molecular flexibility index (Phi) is 6.48. The molecule has 0 saturated heterocycles. The molecule has 0 saturated carbocycles. The first-order valence-corrected chi connectivity index (χ1v) is 8.20. The summed E-state index contributed by atoms with van der Waals surface area (Å²) in [6.45, 7) is 0.0854. The summed E-state index contributed by atoms with van der Waals surface area (Å²) in [6.07, 6.45) is 0.488. The van der Waals surface area contributed by atoms with E-state index in [1.54, 1.807) is 23.9 Å². The van der Waals surface area contributed by atoms with E-state index in [-0.39, 0.29) is 6.61 Å². The summed E-state index contributed by atoms with van der Waals surface area (Å²) in [5, 5.41) is 10.2. The minimum absolute atomic E-state index is 0.0854. The Hall–Kier alpha value is -1.11. The molecule has 21 heavy (non-hydrogen) atoms. The Bertz CT molecular complexity index is 674. The third-order valence-corrected chi connectivity index (χ3v) is 4.53. The summed E-state index contributed by atoms with van der Waals surface area (Å²) in [7, 11) is 0. The topological polar surface area (TPSA) is 20.2 Å². The number of hydrogen-bond acceptors (Lipinski definition) is 2. The van der Waals surface area contributed by atoms with Crippen molar-refractivity contribution in [2.45, 2.75) is 17.1 Å². The molecule has 0 amide bonds. The molecule has 0 aliphatic rings. The molecular weight excluding hydrogens is 323 g/mol. The van der Waals surface area contributed by atoms with Crippen LogP contribution in [0.3, 0.4) is 0 Å². The van der Waals surface area contributed by atoms with Crippen LogP contribution in [0.25, 0.3) is 0 Å². The molecule has 0 aliphatic heterocycles. The van der Waals surface area contributed by atoms with Crippen LogP contribution in [0.1, 0.15) is 17.5 Å². The Morgan fingerprint density at radius 3 is 2.71 bits per heavy atom. The maximum absolute atomic E-state index is 8.79. The molecule has 1 nitrogen and oxygen atoms in total. The van der Waals surface area contributed by atoms with E-state index < -0.39 is 0 Å². The quantitative estimate of drug-likeness (QED) is 0.624. The van der Waals surface area contributed by atoms with Crippen LogP contribution in [0.15, 0.2) is 47.4 Å². The van der Waals surface area contributed by atoms with Crippen LogP contribution in [0.4, 0.5) is 0 Å². The van der Waals surface area contributed by atoms with Crippen molar-refractivity contribution < 1.29 is 5.11 Å². The fraction of sp³-hybridized carbons (Fsp3) is 0.176. The van der Waals surface area contributed by atoms with Crippen molar-refractivity contribution in [2.75, 3.05) is 6.61 Å². The average Bonchev–Trinajstić information content (AvgIpc) is 2.49. The highest BCUT2D eigenvalue weighted by Gasteiger charge is 2.05. The van der Waals surface area contributed by atoms with Gasteiger partial charge >= 0.3 is 0 Å². The number of aliphatic hydroxyl groups is 1. The largest absolute Gasteiger partial charge is 0.395 e. The van der Waals surface area contributed by atoms with E-state index >= 15 is 0 Å². The van der Waals surface area contributed by atoms with E-state index in [1.165, 1.54) is 0 Å². The smallest absolute Gasteiger partial charge is 0.0543 e. The maximum atomic E-state index is 8.79. The Morgan fingerprint density at radius 2 is 1.90 bits per heavy atom. The summed E-state index contributed by atoms with van der Waals surface area (Å²) in [6, 6.07) is 13.4. The standard InChI is InChI=1S/C17H14Cl2OS/c18-15-8-9-16(19)17(11-15)21-12-14-7-2-1-5-13(14)6-3-4-10-20/h1-2,5,7-9,11,20H,4,10,12H2. The first kappa shape index (κ1) is 16.3. The van der Waals surface area contributed by atoms with Crippen molar-refractivity contribution in [1.29, 1.82) is 0 Å². The van der Waals surface area contributed by atoms with Crippen molar-refractivity contribution >= 4 is 35.0 Å². The van der Waals surface area contributed by atoms with Crippen molar-refractivity contribution in [1.82, 2.24) is 0 Å². The van der Waals surface area contributed by atoms with E-state index in [4.69, 9.17) is 28.3 Å². The van der Waals surface area contributed by atoms with Gasteiger partial charge in [-0.2, -0.15) is 0 Å². The van der Waals surface area contributed by atoms with Crippen molar-refractivity contribution in [3.63, 3.8) is 0 Å². The van der Waals surface area contributed by atoms with E-state index in [2.05, 4.69) is 17.9 Å². The SMILES string of the molecule is OCCC#Cc1ccccc1CSc1cc(Cl)ccc1Cl. The molecular formula is C17H14Cl2OS. The Morgan fingerprint density at radius 1 is 1.10 bits per heavy atom. The fourth-order valence-corrected chi connectivity index (χ4v) is 3.22. The predicted molar refractivity (Wildman–Crippen MR) is 91.0 cm³/mol. The molecule has 0 bridgehead atoms. The second-order valence-corrected chi connectivity index (χ2v) is 6.16. The minimum atomic E-state index is 0.0854. The summed E-state index contributed by atoms with van der Waals surface area (Å²) >= 11 is 13.8. The fourth-order valence-electron chi connectivity index (χ4n) is 1.73. The lowest BCUT2D eigenvalue weighted by molar-refractivity contribution is 0.305. The van der Waals surface area contributed by atoms with Gasteiger partial charge < -0.3 is 5.11 Å². The monoisotopic (exact) mass is 336 g/mol. The van der Waals surface area contributed by atoms with Crippen molar-refractivity contribution in [3.05, 3.63) is 63.6 Å². The highest BCUT2D eigenvalue weighted by molar-refractivity contribution is 7.98. The molecule has 2 rings (SSSR count). The molecule has 0 aromatic heterocycles. The van der Waals surface area contributed by atoms with Crippen LogP contribution >= 0.6 is 35.0 Å². The third-order valence-electron chi connectivity index (χ3n) is 2.75. The molecule has 1 N–H and O–H groups in total. The zero-order valence-electron chi connectivity index (χ0n) is 11.3. The molecule has 4 heteroatoms. The predicted octanol–water partition coefficient (Wildman–Crippen LogP) is 5.02. The summed E-state index contributed by atoms with van der Waals surface area (Å²) in [5.74, 6) is 6.82. The average molecular weight is 337 g/mol.